The maximum Gasteiger partial charge on any atom is 0.232 e. The first-order valence-corrected chi connectivity index (χ1v) is 7.38. The van der Waals surface area contributed by atoms with Crippen molar-refractivity contribution in [1.82, 2.24) is 9.97 Å². The van der Waals surface area contributed by atoms with Crippen LogP contribution in [0.15, 0.2) is 59.7 Å². The number of pyridine rings is 2. The Labute approximate surface area is 143 Å². The van der Waals surface area contributed by atoms with Crippen LogP contribution in [0.2, 0.25) is 0 Å². The molecule has 2 aromatic heterocycles. The molecule has 1 aromatic carbocycles. The summed E-state index contributed by atoms with van der Waals surface area (Å²) in [4.78, 5) is 20.2. The number of nitriles is 1. The van der Waals surface area contributed by atoms with Crippen molar-refractivity contribution in [3.63, 3.8) is 0 Å². The monoisotopic (exact) mass is 331 g/mol. The van der Waals surface area contributed by atoms with E-state index in [1.54, 1.807) is 42.7 Å². The Morgan fingerprint density at radius 2 is 1.96 bits per heavy atom. The molecule has 0 radical (unpaired) electrons. The first-order valence-electron chi connectivity index (χ1n) is 7.38. The number of methoxy groups -OCH3 is 1. The van der Waals surface area contributed by atoms with Crippen LogP contribution in [0, 0.1) is 11.3 Å². The topological polar surface area (TPSA) is 96.1 Å². The fourth-order valence-corrected chi connectivity index (χ4v) is 2.46. The average Bonchev–Trinajstić information content (AvgIpc) is 2.82. The molecule has 1 N–H and O–H groups in total. The Morgan fingerprint density at radius 1 is 1.16 bits per heavy atom. The molecule has 0 bridgehead atoms. The zero-order valence-corrected chi connectivity index (χ0v) is 13.3. The highest BCUT2D eigenvalue weighted by atomic mass is 16.5. The maximum absolute atomic E-state index is 11.9. The van der Waals surface area contributed by atoms with E-state index in [-0.39, 0.29) is 17.0 Å². The molecule has 0 saturated heterocycles. The highest BCUT2D eigenvalue weighted by Crippen LogP contribution is 2.34. The van der Waals surface area contributed by atoms with E-state index in [1.807, 2.05) is 0 Å². The van der Waals surface area contributed by atoms with Crippen LogP contribution in [0.5, 0.6) is 11.6 Å². The molecule has 122 valence electrons. The van der Waals surface area contributed by atoms with E-state index in [9.17, 15) is 15.2 Å². The Hall–Kier alpha value is -3.72. The highest BCUT2D eigenvalue weighted by Gasteiger charge is 2.17. The lowest BCUT2D eigenvalue weighted by Crippen LogP contribution is -2.00. The lowest BCUT2D eigenvalue weighted by Gasteiger charge is -2.11. The van der Waals surface area contributed by atoms with Gasteiger partial charge in [0.2, 0.25) is 11.3 Å². The predicted molar refractivity (Wildman–Crippen MR) is 92.1 cm³/mol. The molecule has 6 heteroatoms. The number of hydrogen-bond acceptors (Lipinski definition) is 6. The summed E-state index contributed by atoms with van der Waals surface area (Å²) in [6.45, 7) is 0. The number of aromatic hydroxyl groups is 1. The van der Waals surface area contributed by atoms with Crippen LogP contribution in [0.3, 0.4) is 0 Å². The molecular weight excluding hydrogens is 318 g/mol. The molecule has 3 aromatic rings. The van der Waals surface area contributed by atoms with Crippen molar-refractivity contribution in [3.05, 3.63) is 70.6 Å². The van der Waals surface area contributed by atoms with Gasteiger partial charge in [-0.25, -0.2) is 4.98 Å². The van der Waals surface area contributed by atoms with Gasteiger partial charge in [0.25, 0.3) is 0 Å². The summed E-state index contributed by atoms with van der Waals surface area (Å²) >= 11 is 0. The highest BCUT2D eigenvalue weighted by molar-refractivity contribution is 5.78. The Kier molecular flexibility index (Phi) is 4.40. The van der Waals surface area contributed by atoms with E-state index in [1.165, 1.54) is 19.2 Å². The minimum absolute atomic E-state index is 0.109. The van der Waals surface area contributed by atoms with Gasteiger partial charge in [0, 0.05) is 29.1 Å². The standard InChI is InChI=1S/C19H13N3O3/c1-25-19-15(10-20)14(12-5-4-8-21-11-12)9-16(22-19)13-6-2-3-7-17(23)18(13)24/h2-9,11H,1H3,(H,23,24). The van der Waals surface area contributed by atoms with Crippen LogP contribution in [0.4, 0.5) is 0 Å². The van der Waals surface area contributed by atoms with Crippen LogP contribution in [0.25, 0.3) is 22.4 Å². The largest absolute Gasteiger partial charge is 0.504 e. The molecule has 25 heavy (non-hydrogen) atoms. The van der Waals surface area contributed by atoms with Crippen molar-refractivity contribution in [2.24, 2.45) is 0 Å². The number of nitrogens with zero attached hydrogens (tertiary/aromatic N) is 3. The SMILES string of the molecule is COc1nc(-c2ccccc(=O)c2O)cc(-c2cccnc2)c1C#N. The summed E-state index contributed by atoms with van der Waals surface area (Å²) in [5, 5.41) is 19.7. The molecule has 0 aliphatic rings. The third-order valence-electron chi connectivity index (χ3n) is 3.65. The van der Waals surface area contributed by atoms with E-state index in [2.05, 4.69) is 16.0 Å². The van der Waals surface area contributed by atoms with E-state index in [4.69, 9.17) is 4.74 Å². The van der Waals surface area contributed by atoms with Gasteiger partial charge in [0.05, 0.1) is 12.8 Å². The number of hydrogen-bond donors (Lipinski definition) is 1. The molecule has 0 saturated carbocycles. The van der Waals surface area contributed by atoms with E-state index in [0.29, 0.717) is 16.8 Å². The number of rotatable bonds is 3. The quantitative estimate of drug-likeness (QED) is 0.793. The molecule has 2 heterocycles. The van der Waals surface area contributed by atoms with Crippen molar-refractivity contribution in [1.29, 1.82) is 5.26 Å². The summed E-state index contributed by atoms with van der Waals surface area (Å²) in [5.74, 6) is -0.307. The van der Waals surface area contributed by atoms with Gasteiger partial charge >= 0.3 is 0 Å². The fourth-order valence-electron chi connectivity index (χ4n) is 2.46. The molecule has 6 nitrogen and oxygen atoms in total. The average molecular weight is 331 g/mol. The van der Waals surface area contributed by atoms with E-state index < -0.39 is 11.2 Å². The molecule has 0 amide bonds. The number of ether oxygens (including phenoxy) is 1. The maximum atomic E-state index is 11.9. The fraction of sp³-hybridized carbons (Fsp3) is 0.0526. The summed E-state index contributed by atoms with van der Waals surface area (Å²) in [6, 6.07) is 13.3. The molecule has 0 aliphatic carbocycles. The van der Waals surface area contributed by atoms with Crippen LogP contribution >= 0.6 is 0 Å². The molecule has 0 aliphatic heterocycles. The van der Waals surface area contributed by atoms with Gasteiger partial charge in [-0.05, 0) is 24.3 Å². The van der Waals surface area contributed by atoms with Gasteiger partial charge in [-0.3, -0.25) is 9.78 Å². The van der Waals surface area contributed by atoms with Crippen LogP contribution in [0.1, 0.15) is 5.56 Å². The van der Waals surface area contributed by atoms with Gasteiger partial charge in [0.15, 0.2) is 5.75 Å². The van der Waals surface area contributed by atoms with Gasteiger partial charge in [-0.2, -0.15) is 5.26 Å². The van der Waals surface area contributed by atoms with Gasteiger partial charge in [0.1, 0.15) is 11.6 Å². The molecular formula is C19H13N3O3. The zero-order valence-electron chi connectivity index (χ0n) is 13.3. The van der Waals surface area contributed by atoms with Crippen molar-refractivity contribution < 1.29 is 9.84 Å². The second kappa shape index (κ2) is 6.81. The number of aromatic nitrogens is 2. The van der Waals surface area contributed by atoms with Crippen molar-refractivity contribution in [2.75, 3.05) is 7.11 Å². The predicted octanol–water partition coefficient (Wildman–Crippen LogP) is 2.76. The lowest BCUT2D eigenvalue weighted by atomic mass is 10.0. The molecule has 0 fully saturated rings. The second-order valence-electron chi connectivity index (χ2n) is 5.14. The minimum Gasteiger partial charge on any atom is -0.504 e. The smallest absolute Gasteiger partial charge is 0.232 e. The molecule has 0 atom stereocenters. The zero-order chi connectivity index (χ0) is 17.8. The van der Waals surface area contributed by atoms with Crippen molar-refractivity contribution >= 4 is 0 Å². The second-order valence-corrected chi connectivity index (χ2v) is 5.14. The van der Waals surface area contributed by atoms with Crippen LogP contribution in [-0.2, 0) is 0 Å². The van der Waals surface area contributed by atoms with Gasteiger partial charge in [-0.1, -0.05) is 18.2 Å². The summed E-state index contributed by atoms with van der Waals surface area (Å²) in [5.41, 5.74) is 1.55. The molecule has 3 rings (SSSR count). The van der Waals surface area contributed by atoms with Gasteiger partial charge < -0.3 is 9.84 Å². The lowest BCUT2D eigenvalue weighted by molar-refractivity contribution is 0.397. The Morgan fingerprint density at radius 3 is 2.64 bits per heavy atom. The Balaban J connectivity index is 2.35. The van der Waals surface area contributed by atoms with E-state index >= 15 is 0 Å². The summed E-state index contributed by atoms with van der Waals surface area (Å²) in [6.07, 6.45) is 3.24. The van der Waals surface area contributed by atoms with E-state index in [0.717, 1.165) is 0 Å². The van der Waals surface area contributed by atoms with Crippen LogP contribution in [-0.4, -0.2) is 22.2 Å². The third-order valence-corrected chi connectivity index (χ3v) is 3.65. The third kappa shape index (κ3) is 3.03. The van der Waals surface area contributed by atoms with Crippen LogP contribution < -0.4 is 10.2 Å². The normalized spacial score (nSPS) is 10.1. The molecule has 0 spiro atoms. The van der Waals surface area contributed by atoms with Crippen molar-refractivity contribution in [3.8, 4) is 40.1 Å². The van der Waals surface area contributed by atoms with Crippen molar-refractivity contribution in [2.45, 2.75) is 0 Å². The van der Waals surface area contributed by atoms with Gasteiger partial charge in [-0.15, -0.1) is 0 Å². The first kappa shape index (κ1) is 16.1. The molecule has 0 unspecified atom stereocenters. The minimum atomic E-state index is -0.520. The first-order chi connectivity index (χ1) is 12.2. The summed E-state index contributed by atoms with van der Waals surface area (Å²) < 4.78 is 5.24. The Bertz CT molecular complexity index is 1030. The summed E-state index contributed by atoms with van der Waals surface area (Å²) in [7, 11) is 1.41.